The maximum Gasteiger partial charge on any atom is 0.558 e. The summed E-state index contributed by atoms with van der Waals surface area (Å²) in [6, 6.07) is 0. The van der Waals surface area contributed by atoms with Gasteiger partial charge in [0.15, 0.2) is 6.73 Å². The Morgan fingerprint density at radius 3 is 1.52 bits per heavy atom. The lowest BCUT2D eigenvalue weighted by molar-refractivity contribution is -0.977. The highest BCUT2D eigenvalue weighted by molar-refractivity contribution is 6.61. The van der Waals surface area contributed by atoms with Crippen LogP contribution in [0.4, 0.5) is 34.9 Å². The maximum atomic E-state index is 11.2. The molecule has 25 heavy (non-hydrogen) atoms. The molecule has 0 aromatic carbocycles. The first kappa shape index (κ1) is 24.4. The van der Waals surface area contributed by atoms with Crippen LogP contribution in [0.25, 0.3) is 0 Å². The van der Waals surface area contributed by atoms with Gasteiger partial charge in [-0.2, -0.15) is 13.2 Å². The molecule has 0 radical (unpaired) electrons. The van der Waals surface area contributed by atoms with Gasteiger partial charge in [0.25, 0.3) is 0 Å². The molecule has 1 aliphatic heterocycles. The Balaban J connectivity index is 0.000000477. The fourth-order valence-corrected chi connectivity index (χ4v) is 2.41. The second-order valence-corrected chi connectivity index (χ2v) is 7.51. The third kappa shape index (κ3) is 6.27. The molecule has 0 aliphatic carbocycles. The second-order valence-electron chi connectivity index (χ2n) is 7.51. The maximum absolute atomic E-state index is 11.2. The Morgan fingerprint density at radius 2 is 1.32 bits per heavy atom. The van der Waals surface area contributed by atoms with Crippen LogP contribution in [-0.2, 0) is 4.74 Å². The van der Waals surface area contributed by atoms with E-state index in [0.717, 1.165) is 11.2 Å². The number of hydrogen-bond acceptors (Lipinski definition) is 1. The van der Waals surface area contributed by atoms with Crippen molar-refractivity contribution in [3.05, 3.63) is 0 Å². The highest BCUT2D eigenvalue weighted by Crippen LogP contribution is 2.44. The Morgan fingerprint density at radius 1 is 0.920 bits per heavy atom. The van der Waals surface area contributed by atoms with Gasteiger partial charge in [-0.15, -0.1) is 0 Å². The molecule has 2 nitrogen and oxygen atoms in total. The number of likely N-dealkylation sites (tertiary alicyclic amines) is 1. The van der Waals surface area contributed by atoms with Gasteiger partial charge in [0.1, 0.15) is 0 Å². The van der Waals surface area contributed by atoms with Crippen LogP contribution in [0.2, 0.25) is 0 Å². The van der Waals surface area contributed by atoms with Gasteiger partial charge in [-0.25, -0.2) is 8.78 Å². The number of rotatable bonds is 4. The first-order valence-corrected chi connectivity index (χ1v) is 7.99. The molecule has 1 heterocycles. The average Bonchev–Trinajstić information content (AvgIpc) is 2.83. The standard InChI is InChI=1S/C12H26NO.C2BF8/c1-11(2)14-10-13(12(3,4)5)8-6-7-9-13;4-1(5,2(6,7)8)3(9,10)11/h11H,6-10H2,1-5H3;/q+1;-1. The predicted octanol–water partition coefficient (Wildman–Crippen LogP) is 5.35. The minimum absolute atomic E-state index is 0.325. The predicted molar refractivity (Wildman–Crippen MR) is 80.1 cm³/mol. The van der Waals surface area contributed by atoms with Crippen LogP contribution in [0.15, 0.2) is 0 Å². The van der Waals surface area contributed by atoms with Gasteiger partial charge < -0.3 is 17.7 Å². The van der Waals surface area contributed by atoms with Gasteiger partial charge in [0.05, 0.1) is 24.7 Å². The summed E-state index contributed by atoms with van der Waals surface area (Å²) >= 11 is 0. The SMILES string of the molecule is CC(C)OC[N+]1(C(C)(C)C)CCCC1.F[B-](F)(F)C(F)(F)C(F)(F)F. The fourth-order valence-electron chi connectivity index (χ4n) is 2.41. The van der Waals surface area contributed by atoms with E-state index in [1.807, 2.05) is 0 Å². The van der Waals surface area contributed by atoms with E-state index in [0.29, 0.717) is 11.6 Å². The van der Waals surface area contributed by atoms with Crippen LogP contribution in [0.1, 0.15) is 47.5 Å². The van der Waals surface area contributed by atoms with Crippen molar-refractivity contribution in [2.24, 2.45) is 0 Å². The van der Waals surface area contributed by atoms with Gasteiger partial charge >= 0.3 is 19.0 Å². The monoisotopic (exact) mass is 387 g/mol. The van der Waals surface area contributed by atoms with Crippen molar-refractivity contribution >= 4 is 6.98 Å². The molecule has 0 atom stereocenters. The van der Waals surface area contributed by atoms with Crippen LogP contribution in [-0.4, -0.2) is 54.9 Å². The number of quaternary nitrogens is 1. The zero-order valence-corrected chi connectivity index (χ0v) is 15.1. The lowest BCUT2D eigenvalue weighted by Crippen LogP contribution is -2.59. The first-order chi connectivity index (χ1) is 10.9. The Bertz CT molecular complexity index is 393. The summed E-state index contributed by atoms with van der Waals surface area (Å²) in [6.45, 7) is 7.50. The molecular formula is C14H26BF8NO. The molecule has 1 fully saturated rings. The van der Waals surface area contributed by atoms with Crippen molar-refractivity contribution in [1.82, 2.24) is 0 Å². The number of nitrogens with zero attached hydrogens (tertiary/aromatic N) is 1. The van der Waals surface area contributed by atoms with E-state index in [9.17, 15) is 34.9 Å². The number of alkyl halides is 5. The molecular weight excluding hydrogens is 361 g/mol. The van der Waals surface area contributed by atoms with Crippen LogP contribution in [0, 0.1) is 0 Å². The molecule has 1 saturated heterocycles. The minimum Gasteiger partial charge on any atom is -0.445 e. The minimum atomic E-state index is -7.21. The lowest BCUT2D eigenvalue weighted by Gasteiger charge is -2.45. The normalized spacial score (nSPS) is 19.0. The Hall–Kier alpha value is -0.575. The third-order valence-electron chi connectivity index (χ3n) is 4.29. The van der Waals surface area contributed by atoms with Crippen molar-refractivity contribution < 1.29 is 44.1 Å². The highest BCUT2D eigenvalue weighted by Gasteiger charge is 2.69. The quantitative estimate of drug-likeness (QED) is 0.359. The first-order valence-electron chi connectivity index (χ1n) is 7.99. The van der Waals surface area contributed by atoms with Crippen LogP contribution in [0.3, 0.4) is 0 Å². The smallest absolute Gasteiger partial charge is 0.445 e. The highest BCUT2D eigenvalue weighted by atomic mass is 19.4. The van der Waals surface area contributed by atoms with Crippen molar-refractivity contribution in [3.8, 4) is 0 Å². The van der Waals surface area contributed by atoms with E-state index < -0.39 is 19.0 Å². The van der Waals surface area contributed by atoms with Crippen molar-refractivity contribution in [3.63, 3.8) is 0 Å². The van der Waals surface area contributed by atoms with E-state index in [2.05, 4.69) is 34.6 Å². The third-order valence-corrected chi connectivity index (χ3v) is 4.29. The molecule has 11 heteroatoms. The number of hydrogen-bond donors (Lipinski definition) is 0. The zero-order valence-electron chi connectivity index (χ0n) is 15.1. The molecule has 1 aliphatic rings. The average molecular weight is 387 g/mol. The van der Waals surface area contributed by atoms with E-state index in [4.69, 9.17) is 4.74 Å². The van der Waals surface area contributed by atoms with Gasteiger partial charge in [-0.05, 0) is 34.6 Å². The molecule has 152 valence electrons. The zero-order chi connectivity index (χ0) is 20.3. The topological polar surface area (TPSA) is 9.23 Å². The molecule has 0 bridgehead atoms. The number of ether oxygens (including phenoxy) is 1. The van der Waals surface area contributed by atoms with Gasteiger partial charge in [-0.1, -0.05) is 0 Å². The van der Waals surface area contributed by atoms with E-state index >= 15 is 0 Å². The molecule has 0 unspecified atom stereocenters. The van der Waals surface area contributed by atoms with E-state index in [1.165, 1.54) is 25.9 Å². The summed E-state index contributed by atoms with van der Waals surface area (Å²) in [6.07, 6.45) is -3.48. The molecule has 0 aromatic rings. The van der Waals surface area contributed by atoms with Crippen LogP contribution < -0.4 is 0 Å². The summed E-state index contributed by atoms with van der Waals surface area (Å²) < 4.78 is 94.8. The van der Waals surface area contributed by atoms with Crippen molar-refractivity contribution in [2.75, 3.05) is 19.8 Å². The summed E-state index contributed by atoms with van der Waals surface area (Å²) in [5, 5.41) is 0. The number of halogens is 8. The molecule has 0 amide bonds. The van der Waals surface area contributed by atoms with Crippen LogP contribution in [0.5, 0.6) is 0 Å². The van der Waals surface area contributed by atoms with Crippen LogP contribution >= 0.6 is 0 Å². The van der Waals surface area contributed by atoms with Gasteiger partial charge in [-0.3, -0.25) is 4.48 Å². The Labute approximate surface area is 143 Å². The molecule has 0 N–H and O–H groups in total. The molecule has 0 saturated carbocycles. The van der Waals surface area contributed by atoms with Crippen molar-refractivity contribution in [2.45, 2.75) is 71.1 Å². The van der Waals surface area contributed by atoms with Gasteiger partial charge in [0, 0.05) is 12.8 Å². The van der Waals surface area contributed by atoms with E-state index in [1.54, 1.807) is 0 Å². The lowest BCUT2D eigenvalue weighted by atomic mass is 9.80. The molecule has 0 aromatic heterocycles. The largest absolute Gasteiger partial charge is 0.558 e. The second kappa shape index (κ2) is 7.98. The summed E-state index contributed by atoms with van der Waals surface area (Å²) in [7, 11) is 0. The molecule has 1 rings (SSSR count). The Kier molecular flexibility index (Phi) is 7.79. The summed E-state index contributed by atoms with van der Waals surface area (Å²) in [5.74, 6) is -6.56. The van der Waals surface area contributed by atoms with Crippen molar-refractivity contribution in [1.29, 1.82) is 0 Å². The van der Waals surface area contributed by atoms with Gasteiger partial charge in [0.2, 0.25) is 0 Å². The molecule has 0 spiro atoms. The summed E-state index contributed by atoms with van der Waals surface area (Å²) in [5.41, 5.74) is 0.325. The fraction of sp³-hybridized carbons (Fsp3) is 1.00. The summed E-state index contributed by atoms with van der Waals surface area (Å²) in [4.78, 5) is 0. The van der Waals surface area contributed by atoms with E-state index in [-0.39, 0.29) is 0 Å².